The maximum atomic E-state index is 9.41. The zero-order valence-electron chi connectivity index (χ0n) is 3.19. The van der Waals surface area contributed by atoms with Crippen molar-refractivity contribution < 1.29 is 4.79 Å². The first-order valence-corrected chi connectivity index (χ1v) is 1.38. The molecule has 6 heavy (non-hydrogen) atoms. The summed E-state index contributed by atoms with van der Waals surface area (Å²) in [4.78, 5) is 9.41. The molecule has 0 aliphatic rings. The molecule has 0 unspecified atom stereocenters. The first-order chi connectivity index (χ1) is 2.27. The molecule has 0 atom stereocenters. The Morgan fingerprint density at radius 2 is 2.00 bits per heavy atom. The minimum atomic E-state index is 0. The molecule has 0 amide bonds. The van der Waals surface area contributed by atoms with Crippen LogP contribution < -0.4 is 0 Å². The Bertz CT molecular complexity index is 58.6. The van der Waals surface area contributed by atoms with E-state index in [1.807, 2.05) is 0 Å². The molecule has 0 bridgehead atoms. The van der Waals surface area contributed by atoms with E-state index in [9.17, 15) is 4.79 Å². The van der Waals surface area contributed by atoms with Crippen LogP contribution in [0.2, 0.25) is 0 Å². The van der Waals surface area contributed by atoms with Crippen LogP contribution in [0.4, 0.5) is 0 Å². The molecule has 2 heteroatoms. The van der Waals surface area contributed by atoms with Gasteiger partial charge in [0.05, 0.1) is 0 Å². The van der Waals surface area contributed by atoms with Crippen molar-refractivity contribution in [3.63, 3.8) is 0 Å². The predicted octanol–water partition coefficient (Wildman–Crippen LogP) is 0.113. The van der Waals surface area contributed by atoms with Gasteiger partial charge in [-0.3, -0.25) is 4.79 Å². The van der Waals surface area contributed by atoms with Gasteiger partial charge in [0.1, 0.15) is 6.29 Å². The Morgan fingerprint density at radius 1 is 1.83 bits per heavy atom. The fourth-order valence-electron chi connectivity index (χ4n) is 0. The fraction of sp³-hybridized carbons (Fsp3) is 0.250. The third-order valence-electron chi connectivity index (χ3n) is 0.201. The third-order valence-corrected chi connectivity index (χ3v) is 0.201. The summed E-state index contributed by atoms with van der Waals surface area (Å²) in [6.07, 6.45) is 0.722. The summed E-state index contributed by atoms with van der Waals surface area (Å²) in [7, 11) is 0. The number of carbonyl (C=O) groups is 1. The van der Waals surface area contributed by atoms with Crippen LogP contribution in [0.5, 0.6) is 0 Å². The van der Waals surface area contributed by atoms with Gasteiger partial charge in [0.25, 0.3) is 0 Å². The number of allylic oxidation sites excluding steroid dienone is 1. The Morgan fingerprint density at radius 3 is 2.00 bits per heavy atom. The second-order valence-electron chi connectivity index (χ2n) is 0.964. The average molecular weight is 110 g/mol. The monoisotopic (exact) mass is 110 g/mol. The van der Waals surface area contributed by atoms with E-state index in [4.69, 9.17) is 0 Å². The molecule has 0 radical (unpaired) electrons. The van der Waals surface area contributed by atoms with Crippen molar-refractivity contribution in [2.45, 2.75) is 6.92 Å². The van der Waals surface area contributed by atoms with Crippen LogP contribution in [0.1, 0.15) is 6.92 Å². The van der Waals surface area contributed by atoms with Crippen molar-refractivity contribution >= 4 is 57.7 Å². The van der Waals surface area contributed by atoms with E-state index in [1.165, 1.54) is 0 Å². The van der Waals surface area contributed by atoms with Crippen LogP contribution in [0.25, 0.3) is 0 Å². The van der Waals surface area contributed by atoms with E-state index in [0.717, 1.165) is 6.29 Å². The Labute approximate surface area is 80.2 Å². The molecule has 0 aliphatic carbocycles. The molecule has 1 nitrogen and oxygen atoms in total. The van der Waals surface area contributed by atoms with Crippen LogP contribution >= 0.6 is 0 Å². The zero-order valence-corrected chi connectivity index (χ0v) is 3.19. The first-order valence-electron chi connectivity index (χ1n) is 1.38. The van der Waals surface area contributed by atoms with Gasteiger partial charge in [0, 0.05) is 0 Å². The molecule has 0 aromatic heterocycles. The molecule has 0 rings (SSSR count). The molecule has 0 aliphatic heterocycles. The van der Waals surface area contributed by atoms with Crippen molar-refractivity contribution in [1.82, 2.24) is 0 Å². The van der Waals surface area contributed by atoms with Crippen molar-refractivity contribution in [2.24, 2.45) is 0 Å². The molecular formula is C4H7KO. The third kappa shape index (κ3) is 8.90. The molecule has 0 fully saturated rings. The van der Waals surface area contributed by atoms with Crippen molar-refractivity contribution in [2.75, 3.05) is 0 Å². The second kappa shape index (κ2) is 6.05. The first kappa shape index (κ1) is 10.1. The van der Waals surface area contributed by atoms with Crippen LogP contribution in [0.3, 0.4) is 0 Å². The summed E-state index contributed by atoms with van der Waals surface area (Å²) >= 11 is 0. The number of rotatable bonds is 1. The Hall–Kier alpha value is 1.05. The fourth-order valence-corrected chi connectivity index (χ4v) is 0. The van der Waals surface area contributed by atoms with Crippen molar-refractivity contribution in [3.8, 4) is 0 Å². The van der Waals surface area contributed by atoms with Crippen LogP contribution in [0.15, 0.2) is 12.2 Å². The van der Waals surface area contributed by atoms with Gasteiger partial charge in [-0.2, -0.15) is 0 Å². The van der Waals surface area contributed by atoms with E-state index in [0.29, 0.717) is 5.57 Å². The second-order valence-corrected chi connectivity index (χ2v) is 0.964. The average Bonchev–Trinajstić information content (AvgIpc) is 1.38. The Balaban J connectivity index is 0. The predicted molar refractivity (Wildman–Crippen MR) is 28.0 cm³/mol. The summed E-state index contributed by atoms with van der Waals surface area (Å²) in [5.41, 5.74) is 0.574. The Kier molecular flexibility index (Phi) is 10.2. The van der Waals surface area contributed by atoms with Crippen molar-refractivity contribution in [1.29, 1.82) is 0 Å². The van der Waals surface area contributed by atoms with Gasteiger partial charge < -0.3 is 0 Å². The summed E-state index contributed by atoms with van der Waals surface area (Å²) in [6.45, 7) is 4.97. The van der Waals surface area contributed by atoms with Gasteiger partial charge in [0.15, 0.2) is 0 Å². The van der Waals surface area contributed by atoms with Crippen LogP contribution in [-0.2, 0) is 4.79 Å². The summed E-state index contributed by atoms with van der Waals surface area (Å²) in [6, 6.07) is 0. The van der Waals surface area contributed by atoms with E-state index in [-0.39, 0.29) is 51.4 Å². The molecule has 0 aromatic rings. The molecule has 0 saturated heterocycles. The van der Waals surface area contributed by atoms with Gasteiger partial charge in [-0.15, -0.1) is 0 Å². The minimum absolute atomic E-state index is 0. The van der Waals surface area contributed by atoms with E-state index >= 15 is 0 Å². The van der Waals surface area contributed by atoms with Crippen LogP contribution in [0, 0.1) is 0 Å². The van der Waals surface area contributed by atoms with Gasteiger partial charge in [-0.1, -0.05) is 6.58 Å². The number of hydrogen-bond donors (Lipinski definition) is 0. The topological polar surface area (TPSA) is 17.1 Å². The zero-order chi connectivity index (χ0) is 4.28. The summed E-state index contributed by atoms with van der Waals surface area (Å²) in [5.74, 6) is 0. The quantitative estimate of drug-likeness (QED) is 0.266. The van der Waals surface area contributed by atoms with E-state index < -0.39 is 0 Å². The molecule has 0 N–H and O–H groups in total. The molecule has 0 saturated carbocycles. The van der Waals surface area contributed by atoms with Gasteiger partial charge >= 0.3 is 51.4 Å². The number of aldehydes is 1. The SMILES string of the molecule is C=C(C)C=O.[KH]. The normalized spacial score (nSPS) is 5.50. The standard InChI is InChI=1S/C4H6O.K.H/c1-4(2)3-5;;/h3H,1H2,2H3;;. The number of hydrogen-bond acceptors (Lipinski definition) is 1. The summed E-state index contributed by atoms with van der Waals surface area (Å²) in [5, 5.41) is 0. The van der Waals surface area contributed by atoms with Gasteiger partial charge in [-0.05, 0) is 12.5 Å². The number of carbonyl (C=O) groups excluding carboxylic acids is 1. The van der Waals surface area contributed by atoms with Crippen molar-refractivity contribution in [3.05, 3.63) is 12.2 Å². The molecule has 0 spiro atoms. The van der Waals surface area contributed by atoms with Gasteiger partial charge in [-0.25, -0.2) is 0 Å². The summed E-state index contributed by atoms with van der Waals surface area (Å²) < 4.78 is 0. The molecule has 0 heterocycles. The van der Waals surface area contributed by atoms with Crippen LogP contribution in [-0.4, -0.2) is 57.7 Å². The molecule has 0 aromatic carbocycles. The van der Waals surface area contributed by atoms with Gasteiger partial charge in [0.2, 0.25) is 0 Å². The maximum absolute atomic E-state index is 9.41. The molecule has 30 valence electrons. The molecular weight excluding hydrogens is 103 g/mol. The van der Waals surface area contributed by atoms with E-state index in [2.05, 4.69) is 6.58 Å². The van der Waals surface area contributed by atoms with E-state index in [1.54, 1.807) is 6.92 Å².